The monoisotopic (exact) mass is 374 g/mol. The number of hydrogen-bond donors (Lipinski definition) is 1. The third-order valence-corrected chi connectivity index (χ3v) is 6.55. The highest BCUT2D eigenvalue weighted by Gasteiger charge is 2.63. The maximum absolute atomic E-state index is 13.9. The topological polar surface area (TPSA) is 89.9 Å². The summed E-state index contributed by atoms with van der Waals surface area (Å²) < 4.78 is 37.9. The smallest absolute Gasteiger partial charge is 0.380 e. The van der Waals surface area contributed by atoms with Crippen molar-refractivity contribution in [2.45, 2.75) is 57.5 Å². The molecule has 0 spiro atoms. The molecule has 1 N–H and O–H groups in total. The van der Waals surface area contributed by atoms with Crippen molar-refractivity contribution in [3.8, 4) is 0 Å². The normalized spacial score (nSPS) is 35.9. The van der Waals surface area contributed by atoms with Gasteiger partial charge in [0.05, 0.1) is 18.4 Å². The molecular formula is C18H24F2O6. The van der Waals surface area contributed by atoms with Gasteiger partial charge in [0.1, 0.15) is 0 Å². The molecule has 146 valence electrons. The summed E-state index contributed by atoms with van der Waals surface area (Å²) in [6.45, 7) is 1.83. The minimum atomic E-state index is -4.19. The number of esters is 2. The van der Waals surface area contributed by atoms with Gasteiger partial charge in [-0.1, -0.05) is 0 Å². The summed E-state index contributed by atoms with van der Waals surface area (Å²) >= 11 is 0. The lowest BCUT2D eigenvalue weighted by atomic mass is 9.46. The minimum Gasteiger partial charge on any atom is -0.477 e. The number of halogens is 2. The molecule has 4 saturated carbocycles. The number of rotatable bonds is 5. The molecule has 4 bridgehead atoms. The molecular weight excluding hydrogens is 350 g/mol. The van der Waals surface area contributed by atoms with E-state index in [1.807, 2.05) is 0 Å². The average molecular weight is 374 g/mol. The largest absolute Gasteiger partial charge is 0.477 e. The van der Waals surface area contributed by atoms with Crippen LogP contribution < -0.4 is 0 Å². The van der Waals surface area contributed by atoms with Crippen molar-refractivity contribution in [2.24, 2.45) is 29.1 Å². The van der Waals surface area contributed by atoms with Crippen molar-refractivity contribution in [2.75, 3.05) is 7.11 Å². The van der Waals surface area contributed by atoms with E-state index in [0.29, 0.717) is 19.3 Å². The van der Waals surface area contributed by atoms with E-state index < -0.39 is 28.9 Å². The molecule has 4 rings (SSSR count). The Balaban J connectivity index is 1.81. The van der Waals surface area contributed by atoms with Gasteiger partial charge in [0.15, 0.2) is 5.60 Å². The number of methoxy groups -OCH3 is 1. The third-order valence-electron chi connectivity index (χ3n) is 6.55. The van der Waals surface area contributed by atoms with Crippen LogP contribution in [0.2, 0.25) is 0 Å². The molecule has 4 aliphatic rings. The predicted molar refractivity (Wildman–Crippen MR) is 84.2 cm³/mol. The summed E-state index contributed by atoms with van der Waals surface area (Å²) in [7, 11) is 1.34. The highest BCUT2D eigenvalue weighted by atomic mass is 19.3. The molecule has 26 heavy (non-hydrogen) atoms. The quantitative estimate of drug-likeness (QED) is 0.744. The lowest BCUT2D eigenvalue weighted by Crippen LogP contribution is -2.59. The zero-order chi connectivity index (χ0) is 19.5. The fourth-order valence-electron chi connectivity index (χ4n) is 5.46. The first kappa shape index (κ1) is 19.0. The SMILES string of the molecule is COC(=O)C1C2CC3CC1CC(C(=O)OC(C)(C)C(F)(F)C(=O)O)(C3)C2. The van der Waals surface area contributed by atoms with Crippen LogP contribution in [0.4, 0.5) is 8.78 Å². The number of carbonyl (C=O) groups excluding carboxylic acids is 2. The fourth-order valence-corrected chi connectivity index (χ4v) is 5.46. The second-order valence-electron chi connectivity index (χ2n) is 8.58. The summed E-state index contributed by atoms with van der Waals surface area (Å²) in [5.41, 5.74) is -3.37. The Morgan fingerprint density at radius 3 is 2.08 bits per heavy atom. The van der Waals surface area contributed by atoms with E-state index in [4.69, 9.17) is 14.6 Å². The van der Waals surface area contributed by atoms with Crippen molar-refractivity contribution < 1.29 is 37.7 Å². The lowest BCUT2D eigenvalue weighted by Gasteiger charge is -2.58. The van der Waals surface area contributed by atoms with Crippen LogP contribution in [-0.4, -0.2) is 41.6 Å². The van der Waals surface area contributed by atoms with Gasteiger partial charge in [-0.15, -0.1) is 0 Å². The lowest BCUT2D eigenvalue weighted by molar-refractivity contribution is -0.228. The first-order valence-electron chi connectivity index (χ1n) is 8.86. The van der Waals surface area contributed by atoms with E-state index in [9.17, 15) is 23.2 Å². The van der Waals surface area contributed by atoms with Crippen molar-refractivity contribution >= 4 is 17.9 Å². The molecule has 0 saturated heterocycles. The third kappa shape index (κ3) is 2.68. The highest BCUT2D eigenvalue weighted by molar-refractivity contribution is 5.82. The first-order chi connectivity index (χ1) is 11.9. The van der Waals surface area contributed by atoms with Crippen molar-refractivity contribution in [1.82, 2.24) is 0 Å². The van der Waals surface area contributed by atoms with E-state index in [2.05, 4.69) is 0 Å². The van der Waals surface area contributed by atoms with Gasteiger partial charge in [-0.25, -0.2) is 4.79 Å². The second-order valence-corrected chi connectivity index (χ2v) is 8.58. The summed E-state index contributed by atoms with van der Waals surface area (Å²) in [4.78, 5) is 35.8. The van der Waals surface area contributed by atoms with Gasteiger partial charge < -0.3 is 14.6 Å². The Hall–Kier alpha value is -1.73. The maximum atomic E-state index is 13.9. The Morgan fingerprint density at radius 2 is 1.62 bits per heavy atom. The molecule has 0 amide bonds. The van der Waals surface area contributed by atoms with Gasteiger partial charge in [0.2, 0.25) is 0 Å². The zero-order valence-electron chi connectivity index (χ0n) is 15.1. The molecule has 0 aromatic heterocycles. The van der Waals surface area contributed by atoms with Crippen LogP contribution in [0.3, 0.4) is 0 Å². The number of hydrogen-bond acceptors (Lipinski definition) is 5. The summed E-state index contributed by atoms with van der Waals surface area (Å²) in [5, 5.41) is 8.75. The Bertz CT molecular complexity index is 628. The van der Waals surface area contributed by atoms with E-state index in [0.717, 1.165) is 26.7 Å². The standard InChI is InChI=1S/C18H24F2O6/c1-16(2,18(19,20)14(22)23)26-15(24)17-6-9-4-10(7-17)12(13(21)25-3)11(5-9)8-17/h9-12H,4-8H2,1-3H3,(H,22,23). The number of carbonyl (C=O) groups is 3. The Labute approximate surface area is 150 Å². The molecule has 0 heterocycles. The molecule has 4 aliphatic carbocycles. The predicted octanol–water partition coefficient (Wildman–Crippen LogP) is 2.64. The molecule has 4 fully saturated rings. The van der Waals surface area contributed by atoms with Gasteiger partial charge in [-0.2, -0.15) is 8.78 Å². The van der Waals surface area contributed by atoms with E-state index in [1.54, 1.807) is 0 Å². The zero-order valence-corrected chi connectivity index (χ0v) is 15.1. The van der Waals surface area contributed by atoms with E-state index >= 15 is 0 Å². The van der Waals surface area contributed by atoms with Gasteiger partial charge >= 0.3 is 23.8 Å². The highest BCUT2D eigenvalue weighted by Crippen LogP contribution is 2.63. The number of alkyl halides is 2. The van der Waals surface area contributed by atoms with E-state index in [1.165, 1.54) is 7.11 Å². The Kier molecular flexibility index (Phi) is 4.31. The molecule has 0 aromatic carbocycles. The van der Waals surface area contributed by atoms with Crippen molar-refractivity contribution in [3.63, 3.8) is 0 Å². The van der Waals surface area contributed by atoms with Crippen molar-refractivity contribution in [3.05, 3.63) is 0 Å². The molecule has 0 aromatic rings. The van der Waals surface area contributed by atoms with Gasteiger partial charge in [-0.3, -0.25) is 9.59 Å². The van der Waals surface area contributed by atoms with Crippen LogP contribution in [0.5, 0.6) is 0 Å². The summed E-state index contributed by atoms with van der Waals surface area (Å²) in [5.74, 6) is -7.62. The minimum absolute atomic E-state index is 0.0238. The van der Waals surface area contributed by atoms with Crippen LogP contribution >= 0.6 is 0 Å². The average Bonchev–Trinajstić information content (AvgIpc) is 2.52. The fraction of sp³-hybridized carbons (Fsp3) is 0.833. The van der Waals surface area contributed by atoms with E-state index in [-0.39, 0.29) is 29.6 Å². The molecule has 6 nitrogen and oxygen atoms in total. The number of aliphatic carboxylic acids is 1. The van der Waals surface area contributed by atoms with Crippen LogP contribution in [0, 0.1) is 29.1 Å². The van der Waals surface area contributed by atoms with Crippen molar-refractivity contribution in [1.29, 1.82) is 0 Å². The summed E-state index contributed by atoms with van der Waals surface area (Å²) in [6, 6.07) is 0. The molecule has 0 radical (unpaired) electrons. The molecule has 0 aliphatic heterocycles. The second kappa shape index (κ2) is 5.89. The number of carboxylic acids is 1. The molecule has 2 atom stereocenters. The number of ether oxygens (including phenoxy) is 2. The molecule has 8 heteroatoms. The van der Waals surface area contributed by atoms with Crippen LogP contribution in [0.1, 0.15) is 46.0 Å². The van der Waals surface area contributed by atoms with Gasteiger partial charge in [0.25, 0.3) is 0 Å². The van der Waals surface area contributed by atoms with Gasteiger partial charge in [0, 0.05) is 0 Å². The maximum Gasteiger partial charge on any atom is 0.380 e. The van der Waals surface area contributed by atoms with Gasteiger partial charge in [-0.05, 0) is 63.7 Å². The summed E-state index contributed by atoms with van der Waals surface area (Å²) in [6.07, 6.45) is 2.97. The van der Waals surface area contributed by atoms with Crippen LogP contribution in [0.15, 0.2) is 0 Å². The molecule has 2 unspecified atom stereocenters. The van der Waals surface area contributed by atoms with Crippen LogP contribution in [-0.2, 0) is 23.9 Å². The number of carboxylic acid groups (broad SMARTS) is 1. The Morgan fingerprint density at radius 1 is 1.08 bits per heavy atom. The van der Waals surface area contributed by atoms with Crippen LogP contribution in [0.25, 0.3) is 0 Å². The first-order valence-corrected chi connectivity index (χ1v) is 8.86.